The lowest BCUT2D eigenvalue weighted by atomic mass is 9.85. The van der Waals surface area contributed by atoms with Gasteiger partial charge in [0.25, 0.3) is 0 Å². The smallest absolute Gasteiger partial charge is 0.140 e. The van der Waals surface area contributed by atoms with Crippen molar-refractivity contribution in [3.63, 3.8) is 0 Å². The van der Waals surface area contributed by atoms with Crippen LogP contribution in [-0.4, -0.2) is 29.1 Å². The largest absolute Gasteiger partial charge is 0.272 e. The summed E-state index contributed by atoms with van der Waals surface area (Å²) in [5.74, 6) is 1.75. The van der Waals surface area contributed by atoms with Crippen LogP contribution >= 0.6 is 0 Å². The van der Waals surface area contributed by atoms with Crippen LogP contribution in [0.15, 0.2) is 10.1 Å². The summed E-state index contributed by atoms with van der Waals surface area (Å²) in [5, 5.41) is 7.22. The molecule has 17 heavy (non-hydrogen) atoms. The van der Waals surface area contributed by atoms with Gasteiger partial charge in [0.1, 0.15) is 6.17 Å². The normalized spacial score (nSPS) is 40.0. The molecule has 2 aliphatic carbocycles. The van der Waals surface area contributed by atoms with Crippen molar-refractivity contribution in [3.8, 4) is 0 Å². The van der Waals surface area contributed by atoms with E-state index in [9.17, 15) is 0 Å². The van der Waals surface area contributed by atoms with E-state index in [1.807, 2.05) is 0 Å². The number of hydrazone groups is 1. The summed E-state index contributed by atoms with van der Waals surface area (Å²) in [7, 11) is 0. The van der Waals surface area contributed by atoms with Crippen molar-refractivity contribution in [2.75, 3.05) is 6.54 Å². The first-order valence-electron chi connectivity index (χ1n) is 7.33. The highest BCUT2D eigenvalue weighted by Crippen LogP contribution is 2.43. The van der Waals surface area contributed by atoms with E-state index < -0.39 is 0 Å². The molecule has 2 saturated carbocycles. The molecule has 4 rings (SSSR count). The van der Waals surface area contributed by atoms with Gasteiger partial charge in [0.2, 0.25) is 0 Å². The molecular weight excluding hydrogens is 210 g/mol. The zero-order valence-electron chi connectivity index (χ0n) is 10.4. The molecule has 1 saturated heterocycles. The van der Waals surface area contributed by atoms with Gasteiger partial charge in [0, 0.05) is 12.5 Å². The number of piperidine rings is 1. The second-order valence-corrected chi connectivity index (χ2v) is 6.05. The van der Waals surface area contributed by atoms with Crippen LogP contribution in [0.5, 0.6) is 0 Å². The quantitative estimate of drug-likeness (QED) is 0.630. The van der Waals surface area contributed by atoms with Crippen LogP contribution in [0.1, 0.15) is 51.4 Å². The van der Waals surface area contributed by atoms with E-state index >= 15 is 0 Å². The molecule has 3 fully saturated rings. The standard InChI is InChI=1S/C14H21N3/c1-2-7-13-12(6-1)15-14-11-5-3-4-10(11)8-9-17(14)16-13/h10-11,14H,1-9H2. The fraction of sp³-hybridized carbons (Fsp3) is 0.857. The highest BCUT2D eigenvalue weighted by Gasteiger charge is 2.42. The van der Waals surface area contributed by atoms with Crippen molar-refractivity contribution in [1.82, 2.24) is 5.01 Å². The predicted molar refractivity (Wildman–Crippen MR) is 69.3 cm³/mol. The highest BCUT2D eigenvalue weighted by atomic mass is 15.5. The minimum atomic E-state index is 0.410. The molecule has 0 N–H and O–H groups in total. The summed E-state index contributed by atoms with van der Waals surface area (Å²) >= 11 is 0. The average molecular weight is 231 g/mol. The van der Waals surface area contributed by atoms with Crippen molar-refractivity contribution in [1.29, 1.82) is 0 Å². The molecule has 3 unspecified atom stereocenters. The van der Waals surface area contributed by atoms with Gasteiger partial charge in [-0.3, -0.25) is 10.0 Å². The molecule has 2 aliphatic heterocycles. The molecule has 2 heterocycles. The fourth-order valence-electron chi connectivity index (χ4n) is 4.17. The van der Waals surface area contributed by atoms with Crippen LogP contribution in [0.4, 0.5) is 0 Å². The first-order valence-corrected chi connectivity index (χ1v) is 7.33. The monoisotopic (exact) mass is 231 g/mol. The third kappa shape index (κ3) is 1.54. The molecule has 0 radical (unpaired) electrons. The van der Waals surface area contributed by atoms with Crippen LogP contribution < -0.4 is 0 Å². The number of aliphatic imine (C=N–C) groups is 1. The maximum Gasteiger partial charge on any atom is 0.140 e. The second-order valence-electron chi connectivity index (χ2n) is 6.05. The lowest BCUT2D eigenvalue weighted by Crippen LogP contribution is -2.48. The Bertz CT molecular complexity index is 385. The Morgan fingerprint density at radius 3 is 2.76 bits per heavy atom. The molecule has 0 bridgehead atoms. The fourth-order valence-corrected chi connectivity index (χ4v) is 4.17. The third-order valence-corrected chi connectivity index (χ3v) is 5.08. The molecule has 3 nitrogen and oxygen atoms in total. The molecule has 0 spiro atoms. The Labute approximate surface area is 103 Å². The van der Waals surface area contributed by atoms with Gasteiger partial charge in [0.15, 0.2) is 0 Å². The molecule has 4 aliphatic rings. The topological polar surface area (TPSA) is 28.0 Å². The van der Waals surface area contributed by atoms with Crippen LogP contribution in [0.3, 0.4) is 0 Å². The van der Waals surface area contributed by atoms with E-state index in [2.05, 4.69) is 5.01 Å². The Morgan fingerprint density at radius 2 is 1.82 bits per heavy atom. The summed E-state index contributed by atoms with van der Waals surface area (Å²) in [6, 6.07) is 0. The predicted octanol–water partition coefficient (Wildman–Crippen LogP) is 2.82. The summed E-state index contributed by atoms with van der Waals surface area (Å²) in [6.07, 6.45) is 11.0. The summed E-state index contributed by atoms with van der Waals surface area (Å²) < 4.78 is 0. The van der Waals surface area contributed by atoms with Crippen LogP contribution in [-0.2, 0) is 0 Å². The Kier molecular flexibility index (Phi) is 2.27. The van der Waals surface area contributed by atoms with Crippen molar-refractivity contribution in [2.24, 2.45) is 21.9 Å². The minimum absolute atomic E-state index is 0.410. The van der Waals surface area contributed by atoms with Crippen LogP contribution in [0.2, 0.25) is 0 Å². The van der Waals surface area contributed by atoms with E-state index in [0.29, 0.717) is 6.17 Å². The van der Waals surface area contributed by atoms with Gasteiger partial charge >= 0.3 is 0 Å². The third-order valence-electron chi connectivity index (χ3n) is 5.08. The maximum absolute atomic E-state index is 5.08. The van der Waals surface area contributed by atoms with E-state index in [1.165, 1.54) is 56.4 Å². The zero-order chi connectivity index (χ0) is 11.2. The molecule has 0 aromatic rings. The SMILES string of the molecule is C1CCC2=NN3CCC4CCCC4C3N=C2C1. The van der Waals surface area contributed by atoms with Crippen molar-refractivity contribution < 1.29 is 0 Å². The van der Waals surface area contributed by atoms with E-state index in [-0.39, 0.29) is 0 Å². The Morgan fingerprint density at radius 1 is 0.941 bits per heavy atom. The number of rotatable bonds is 0. The summed E-state index contributed by atoms with van der Waals surface area (Å²) in [6.45, 7) is 1.14. The molecule has 0 amide bonds. The Balaban J connectivity index is 1.65. The van der Waals surface area contributed by atoms with Crippen molar-refractivity contribution in [2.45, 2.75) is 57.5 Å². The number of hydrogen-bond donors (Lipinski definition) is 0. The molecule has 0 aromatic heterocycles. The van der Waals surface area contributed by atoms with Crippen molar-refractivity contribution in [3.05, 3.63) is 0 Å². The first-order chi connectivity index (χ1) is 8.42. The lowest BCUT2D eigenvalue weighted by molar-refractivity contribution is 0.0696. The van der Waals surface area contributed by atoms with Gasteiger partial charge in [-0.15, -0.1) is 0 Å². The summed E-state index contributed by atoms with van der Waals surface area (Å²) in [4.78, 5) is 5.08. The minimum Gasteiger partial charge on any atom is -0.272 e. The lowest BCUT2D eigenvalue weighted by Gasteiger charge is -2.42. The van der Waals surface area contributed by atoms with E-state index in [0.717, 1.165) is 24.8 Å². The van der Waals surface area contributed by atoms with Gasteiger partial charge in [-0.1, -0.05) is 6.42 Å². The summed E-state index contributed by atoms with van der Waals surface area (Å²) in [5.41, 5.74) is 2.66. The molecule has 3 heteroatoms. The number of nitrogens with zero attached hydrogens (tertiary/aromatic N) is 3. The first kappa shape index (κ1) is 10.1. The number of fused-ring (bicyclic) bond motifs is 4. The van der Waals surface area contributed by atoms with Crippen LogP contribution in [0.25, 0.3) is 0 Å². The molecule has 92 valence electrons. The zero-order valence-corrected chi connectivity index (χ0v) is 10.4. The molecular formula is C14H21N3. The number of hydrogen-bond acceptors (Lipinski definition) is 3. The van der Waals surface area contributed by atoms with Gasteiger partial charge < -0.3 is 0 Å². The van der Waals surface area contributed by atoms with Gasteiger partial charge in [-0.2, -0.15) is 5.10 Å². The molecule has 3 atom stereocenters. The Hall–Kier alpha value is -0.860. The van der Waals surface area contributed by atoms with Crippen molar-refractivity contribution >= 4 is 11.4 Å². The average Bonchev–Trinajstić information content (AvgIpc) is 2.85. The van der Waals surface area contributed by atoms with E-state index in [4.69, 9.17) is 10.1 Å². The highest BCUT2D eigenvalue weighted by molar-refractivity contribution is 6.43. The van der Waals surface area contributed by atoms with Gasteiger partial charge in [0.05, 0.1) is 11.4 Å². The van der Waals surface area contributed by atoms with Gasteiger partial charge in [-0.25, -0.2) is 0 Å². The second kappa shape index (κ2) is 3.82. The van der Waals surface area contributed by atoms with E-state index in [1.54, 1.807) is 0 Å². The molecule has 0 aromatic carbocycles. The van der Waals surface area contributed by atoms with Crippen LogP contribution in [0, 0.1) is 11.8 Å². The van der Waals surface area contributed by atoms with Gasteiger partial charge in [-0.05, 0) is 50.9 Å². The maximum atomic E-state index is 5.08.